The zero-order valence-corrected chi connectivity index (χ0v) is 16.1. The van der Waals surface area contributed by atoms with E-state index in [4.69, 9.17) is 27.6 Å². The van der Waals surface area contributed by atoms with Gasteiger partial charge in [0.2, 0.25) is 10.8 Å². The first kappa shape index (κ1) is 19.1. The molecule has 0 radical (unpaired) electrons. The monoisotopic (exact) mass is 423 g/mol. The van der Waals surface area contributed by atoms with Gasteiger partial charge >= 0.3 is 5.97 Å². The molecule has 2 heterocycles. The third kappa shape index (κ3) is 4.73. The fraction of sp³-hybridized carbons (Fsp3) is 0.0588. The Kier molecular flexibility index (Phi) is 5.90. The van der Waals surface area contributed by atoms with Gasteiger partial charge < -0.3 is 14.5 Å². The van der Waals surface area contributed by atoms with Crippen molar-refractivity contribution in [1.29, 1.82) is 0 Å². The first-order valence-electron chi connectivity index (χ1n) is 7.42. The van der Waals surface area contributed by atoms with Gasteiger partial charge in [-0.25, -0.2) is 4.79 Å². The summed E-state index contributed by atoms with van der Waals surface area (Å²) in [7, 11) is 1.26. The maximum atomic E-state index is 12.2. The molecule has 0 saturated heterocycles. The zero-order valence-electron chi connectivity index (χ0n) is 13.7. The molecule has 0 spiro atoms. The molecule has 3 aromatic rings. The van der Waals surface area contributed by atoms with Gasteiger partial charge in [0.15, 0.2) is 5.01 Å². The summed E-state index contributed by atoms with van der Waals surface area (Å²) in [6.07, 6.45) is 1.47. The summed E-state index contributed by atoms with van der Waals surface area (Å²) in [6, 6.07) is 9.69. The van der Waals surface area contributed by atoms with E-state index in [-0.39, 0.29) is 15.8 Å². The number of amides is 1. The van der Waals surface area contributed by atoms with E-state index in [0.29, 0.717) is 21.5 Å². The molecule has 0 aliphatic carbocycles. The summed E-state index contributed by atoms with van der Waals surface area (Å²) in [5, 5.41) is 11.7. The van der Waals surface area contributed by atoms with Crippen LogP contribution in [0.3, 0.4) is 0 Å². The molecule has 1 N–H and O–H groups in total. The number of aromatic nitrogens is 2. The van der Waals surface area contributed by atoms with Crippen LogP contribution >= 0.6 is 34.5 Å². The van der Waals surface area contributed by atoms with Gasteiger partial charge in [-0.1, -0.05) is 34.5 Å². The second-order valence-electron chi connectivity index (χ2n) is 5.06. The number of carbonyl (C=O) groups is 2. The number of carbonyl (C=O) groups excluding carboxylic acids is 2. The fourth-order valence-corrected chi connectivity index (χ4v) is 2.99. The van der Waals surface area contributed by atoms with E-state index >= 15 is 0 Å². The minimum atomic E-state index is -0.595. The summed E-state index contributed by atoms with van der Waals surface area (Å²) < 4.78 is 9.87. The SMILES string of the molecule is COC(=O)c1ccc(C=C(Cl)c2nnc(C(=O)Nc3ccc(Cl)cc3)s2)o1. The average molecular weight is 424 g/mol. The lowest BCUT2D eigenvalue weighted by atomic mass is 10.3. The first-order valence-corrected chi connectivity index (χ1v) is 8.99. The third-order valence-electron chi connectivity index (χ3n) is 3.21. The van der Waals surface area contributed by atoms with Crippen molar-refractivity contribution in [1.82, 2.24) is 10.2 Å². The average Bonchev–Trinajstić information content (AvgIpc) is 3.32. The molecule has 138 valence electrons. The van der Waals surface area contributed by atoms with Crippen molar-refractivity contribution in [2.45, 2.75) is 0 Å². The molecule has 0 aliphatic rings. The van der Waals surface area contributed by atoms with Gasteiger partial charge in [-0.2, -0.15) is 0 Å². The molecule has 27 heavy (non-hydrogen) atoms. The van der Waals surface area contributed by atoms with Crippen molar-refractivity contribution in [3.8, 4) is 0 Å². The summed E-state index contributed by atoms with van der Waals surface area (Å²) in [4.78, 5) is 23.6. The van der Waals surface area contributed by atoms with Crippen molar-refractivity contribution >= 4 is 63.2 Å². The van der Waals surface area contributed by atoms with Crippen LogP contribution in [0.25, 0.3) is 11.1 Å². The molecular weight excluding hydrogens is 413 g/mol. The van der Waals surface area contributed by atoms with E-state index in [1.54, 1.807) is 30.3 Å². The minimum Gasteiger partial charge on any atom is -0.463 e. The van der Waals surface area contributed by atoms with Crippen LogP contribution in [0.1, 0.15) is 31.1 Å². The van der Waals surface area contributed by atoms with Crippen molar-refractivity contribution in [3.63, 3.8) is 0 Å². The number of furan rings is 1. The molecule has 1 amide bonds. The Morgan fingerprint density at radius 2 is 1.85 bits per heavy atom. The molecule has 0 fully saturated rings. The second kappa shape index (κ2) is 8.34. The minimum absolute atomic E-state index is 0.0495. The number of nitrogens with zero attached hydrogens (tertiary/aromatic N) is 2. The number of hydrogen-bond donors (Lipinski definition) is 1. The number of hydrogen-bond acceptors (Lipinski definition) is 7. The van der Waals surface area contributed by atoms with Gasteiger partial charge in [-0.05, 0) is 36.4 Å². The third-order valence-corrected chi connectivity index (χ3v) is 4.82. The number of esters is 1. The van der Waals surface area contributed by atoms with E-state index in [2.05, 4.69) is 20.3 Å². The summed E-state index contributed by atoms with van der Waals surface area (Å²) in [5.74, 6) is -0.629. The van der Waals surface area contributed by atoms with Crippen LogP contribution in [-0.4, -0.2) is 29.2 Å². The van der Waals surface area contributed by atoms with E-state index in [0.717, 1.165) is 11.3 Å². The molecular formula is C17H11Cl2N3O4S. The Bertz CT molecular complexity index is 1010. The van der Waals surface area contributed by atoms with Crippen molar-refractivity contribution < 1.29 is 18.7 Å². The predicted molar refractivity (Wildman–Crippen MR) is 103 cm³/mol. The number of benzene rings is 1. The topological polar surface area (TPSA) is 94.3 Å². The number of rotatable bonds is 5. The van der Waals surface area contributed by atoms with Gasteiger partial charge in [-0.3, -0.25) is 4.79 Å². The highest BCUT2D eigenvalue weighted by Crippen LogP contribution is 2.26. The molecule has 3 rings (SSSR count). The van der Waals surface area contributed by atoms with Crippen LogP contribution in [0.15, 0.2) is 40.8 Å². The Hall–Kier alpha value is -2.68. The molecule has 2 aromatic heterocycles. The normalized spacial score (nSPS) is 11.3. The molecule has 7 nitrogen and oxygen atoms in total. The largest absolute Gasteiger partial charge is 0.463 e. The van der Waals surface area contributed by atoms with E-state index in [1.165, 1.54) is 19.3 Å². The fourth-order valence-electron chi connectivity index (χ4n) is 1.96. The number of ether oxygens (including phenoxy) is 1. The van der Waals surface area contributed by atoms with Crippen LogP contribution < -0.4 is 5.32 Å². The van der Waals surface area contributed by atoms with Gasteiger partial charge in [-0.15, -0.1) is 10.2 Å². The lowest BCUT2D eigenvalue weighted by molar-refractivity contribution is 0.0564. The predicted octanol–water partition coefficient (Wildman–Crippen LogP) is 4.56. The highest BCUT2D eigenvalue weighted by atomic mass is 35.5. The molecule has 0 saturated carbocycles. The molecule has 10 heteroatoms. The number of methoxy groups -OCH3 is 1. The van der Waals surface area contributed by atoms with Crippen LogP contribution in [0.5, 0.6) is 0 Å². The second-order valence-corrected chi connectivity index (χ2v) is 6.88. The van der Waals surface area contributed by atoms with Crippen molar-refractivity contribution in [2.75, 3.05) is 12.4 Å². The Morgan fingerprint density at radius 1 is 1.15 bits per heavy atom. The van der Waals surface area contributed by atoms with Crippen LogP contribution in [0.2, 0.25) is 5.02 Å². The van der Waals surface area contributed by atoms with Crippen molar-refractivity contribution in [2.24, 2.45) is 0 Å². The molecule has 1 aromatic carbocycles. The maximum absolute atomic E-state index is 12.2. The summed E-state index contributed by atoms with van der Waals surface area (Å²) >= 11 is 13.0. The standard InChI is InChI=1S/C17H11Cl2N3O4S/c1-25-17(24)13-7-6-11(26-13)8-12(19)15-21-22-16(27-15)14(23)20-10-4-2-9(18)3-5-10/h2-8H,1H3,(H,20,23). The van der Waals surface area contributed by atoms with E-state index in [9.17, 15) is 9.59 Å². The lowest BCUT2D eigenvalue weighted by Gasteiger charge is -2.01. The summed E-state index contributed by atoms with van der Waals surface area (Å²) in [6.45, 7) is 0. The molecule has 0 aliphatic heterocycles. The van der Waals surface area contributed by atoms with E-state index < -0.39 is 11.9 Å². The first-order chi connectivity index (χ1) is 13.0. The number of anilines is 1. The Balaban J connectivity index is 1.72. The maximum Gasteiger partial charge on any atom is 0.373 e. The Morgan fingerprint density at radius 3 is 2.56 bits per heavy atom. The molecule has 0 bridgehead atoms. The smallest absolute Gasteiger partial charge is 0.373 e. The highest BCUT2D eigenvalue weighted by Gasteiger charge is 2.16. The van der Waals surface area contributed by atoms with Gasteiger partial charge in [0, 0.05) is 16.8 Å². The van der Waals surface area contributed by atoms with Crippen LogP contribution in [0.4, 0.5) is 5.69 Å². The number of nitrogens with one attached hydrogen (secondary N) is 1. The van der Waals surface area contributed by atoms with E-state index in [1.807, 2.05) is 0 Å². The van der Waals surface area contributed by atoms with Crippen molar-refractivity contribution in [3.05, 3.63) is 63.0 Å². The lowest BCUT2D eigenvalue weighted by Crippen LogP contribution is -2.11. The Labute approximate surface area is 167 Å². The molecule has 0 atom stereocenters. The summed E-state index contributed by atoms with van der Waals surface area (Å²) in [5.41, 5.74) is 0.578. The van der Waals surface area contributed by atoms with Gasteiger partial charge in [0.05, 0.1) is 12.1 Å². The molecule has 0 unspecified atom stereocenters. The van der Waals surface area contributed by atoms with Crippen LogP contribution in [0, 0.1) is 0 Å². The quantitative estimate of drug-likeness (QED) is 0.604. The van der Waals surface area contributed by atoms with Crippen LogP contribution in [-0.2, 0) is 4.74 Å². The van der Waals surface area contributed by atoms with Gasteiger partial charge in [0.1, 0.15) is 5.76 Å². The number of halogens is 2. The van der Waals surface area contributed by atoms with Gasteiger partial charge in [0.25, 0.3) is 5.91 Å². The zero-order chi connectivity index (χ0) is 19.4. The highest BCUT2D eigenvalue weighted by molar-refractivity contribution is 7.15.